The third-order valence-electron chi connectivity index (χ3n) is 3.68. The minimum Gasteiger partial charge on any atom is -0.460 e. The first kappa shape index (κ1) is 18.6. The summed E-state index contributed by atoms with van der Waals surface area (Å²) in [5, 5.41) is 9.21. The van der Waals surface area contributed by atoms with Crippen molar-refractivity contribution in [3.8, 4) is 0 Å². The van der Waals surface area contributed by atoms with E-state index < -0.39 is 26.0 Å². The molecule has 0 bridgehead atoms. The van der Waals surface area contributed by atoms with E-state index in [0.717, 1.165) is 35.4 Å². The maximum absolute atomic E-state index is 12.4. The zero-order valence-corrected chi connectivity index (χ0v) is 14.5. The molecule has 1 atom stereocenters. The highest BCUT2D eigenvalue weighted by molar-refractivity contribution is 7.92. The fourth-order valence-electron chi connectivity index (χ4n) is 2.04. The van der Waals surface area contributed by atoms with Gasteiger partial charge in [-0.15, -0.1) is 0 Å². The van der Waals surface area contributed by atoms with Gasteiger partial charge in [-0.1, -0.05) is 29.8 Å². The van der Waals surface area contributed by atoms with Gasteiger partial charge in [-0.2, -0.15) is 0 Å². The minimum atomic E-state index is -3.99. The molecule has 0 saturated heterocycles. The summed E-state index contributed by atoms with van der Waals surface area (Å²) in [7, 11) is -3.99. The van der Waals surface area contributed by atoms with Crippen LogP contribution in [-0.2, 0) is 26.0 Å². The van der Waals surface area contributed by atoms with Crippen LogP contribution in [0.3, 0.4) is 0 Å². The van der Waals surface area contributed by atoms with Gasteiger partial charge in [-0.25, -0.2) is 8.42 Å². The molecule has 0 fully saturated rings. The first-order valence-electron chi connectivity index (χ1n) is 7.42. The highest BCUT2D eigenvalue weighted by Gasteiger charge is 2.31. The van der Waals surface area contributed by atoms with Crippen molar-refractivity contribution < 1.29 is 22.9 Å². The zero-order chi connectivity index (χ0) is 18.6. The Hall–Kier alpha value is -2.74. The van der Waals surface area contributed by atoms with Crippen molar-refractivity contribution in [2.24, 2.45) is 0 Å². The molecule has 0 amide bonds. The summed E-state index contributed by atoms with van der Waals surface area (Å²) in [6.07, 6.45) is 0. The van der Waals surface area contributed by atoms with E-state index in [0.29, 0.717) is 0 Å². The molecule has 2 rings (SSSR count). The fourth-order valence-corrected chi connectivity index (χ4v) is 3.29. The molecule has 0 aromatic heterocycles. The van der Waals surface area contributed by atoms with Crippen molar-refractivity contribution in [2.75, 3.05) is 0 Å². The van der Waals surface area contributed by atoms with Gasteiger partial charge in [0.05, 0.1) is 9.82 Å². The Balaban J connectivity index is 2.08. The number of nitrogens with zero attached hydrogens (tertiary/aromatic N) is 1. The van der Waals surface area contributed by atoms with Gasteiger partial charge in [0, 0.05) is 12.1 Å². The number of nitro benzene ring substituents is 1. The van der Waals surface area contributed by atoms with E-state index in [1.807, 2.05) is 19.1 Å². The van der Waals surface area contributed by atoms with Crippen LogP contribution in [0.2, 0.25) is 0 Å². The van der Waals surface area contributed by atoms with Crippen molar-refractivity contribution in [3.05, 3.63) is 69.8 Å². The minimum absolute atomic E-state index is 0.0285. The Morgan fingerprint density at radius 1 is 1.12 bits per heavy atom. The fraction of sp³-hybridized carbons (Fsp3) is 0.235. The Labute approximate surface area is 145 Å². The molecule has 0 spiro atoms. The first-order valence-corrected chi connectivity index (χ1v) is 8.97. The summed E-state index contributed by atoms with van der Waals surface area (Å²) in [6.45, 7) is 3.13. The van der Waals surface area contributed by atoms with Gasteiger partial charge in [0.15, 0.2) is 15.1 Å². The van der Waals surface area contributed by atoms with Crippen LogP contribution in [0.5, 0.6) is 0 Å². The molecule has 0 aliphatic rings. The zero-order valence-electron chi connectivity index (χ0n) is 13.7. The third kappa shape index (κ3) is 4.42. The van der Waals surface area contributed by atoms with Crippen LogP contribution in [0.4, 0.5) is 5.69 Å². The van der Waals surface area contributed by atoms with Crippen LogP contribution in [-0.4, -0.2) is 24.6 Å². The molecule has 2 aromatic carbocycles. The average Bonchev–Trinajstić information content (AvgIpc) is 2.60. The number of nitro groups is 1. The molecule has 0 heterocycles. The predicted octanol–water partition coefficient (Wildman–Crippen LogP) is 2.81. The number of ether oxygens (including phenoxy) is 1. The van der Waals surface area contributed by atoms with Crippen molar-refractivity contribution in [1.29, 1.82) is 0 Å². The van der Waals surface area contributed by atoms with E-state index in [9.17, 15) is 23.3 Å². The molecule has 25 heavy (non-hydrogen) atoms. The monoisotopic (exact) mass is 363 g/mol. The lowest BCUT2D eigenvalue weighted by atomic mass is 10.2. The van der Waals surface area contributed by atoms with E-state index in [1.165, 1.54) is 6.92 Å². The summed E-state index contributed by atoms with van der Waals surface area (Å²) in [5.74, 6) is -0.876. The second kappa shape index (κ2) is 7.43. The number of esters is 1. The topological polar surface area (TPSA) is 104 Å². The van der Waals surface area contributed by atoms with E-state index in [4.69, 9.17) is 4.74 Å². The first-order chi connectivity index (χ1) is 11.7. The van der Waals surface area contributed by atoms with Crippen LogP contribution in [0.15, 0.2) is 53.4 Å². The van der Waals surface area contributed by atoms with Crippen molar-refractivity contribution >= 4 is 21.5 Å². The molecule has 0 unspecified atom stereocenters. The average molecular weight is 363 g/mol. The van der Waals surface area contributed by atoms with Crippen molar-refractivity contribution in [3.63, 3.8) is 0 Å². The lowest BCUT2D eigenvalue weighted by Crippen LogP contribution is -2.29. The maximum atomic E-state index is 12.4. The summed E-state index contributed by atoms with van der Waals surface area (Å²) in [6, 6.07) is 11.7. The standard InChI is InChI=1S/C17H17NO6S/c1-12-3-5-14(6-4-12)11-24-17(19)13(2)25(22,23)16-9-7-15(8-10-16)18(20)21/h3-10,13H,11H2,1-2H3/t13-/m0/s1. The number of benzene rings is 2. The number of carbonyl (C=O) groups is 1. The number of aryl methyl sites for hydroxylation is 1. The molecule has 0 radical (unpaired) electrons. The van der Waals surface area contributed by atoms with Gasteiger partial charge < -0.3 is 4.74 Å². The quantitative estimate of drug-likeness (QED) is 0.444. The summed E-state index contributed by atoms with van der Waals surface area (Å²) < 4.78 is 30.0. The molecule has 8 heteroatoms. The summed E-state index contributed by atoms with van der Waals surface area (Å²) in [5.41, 5.74) is 1.58. The van der Waals surface area contributed by atoms with Crippen LogP contribution < -0.4 is 0 Å². The second-order valence-electron chi connectivity index (χ2n) is 5.53. The smallest absolute Gasteiger partial charge is 0.324 e. The van der Waals surface area contributed by atoms with Gasteiger partial charge in [-0.3, -0.25) is 14.9 Å². The van der Waals surface area contributed by atoms with Gasteiger partial charge in [0.25, 0.3) is 5.69 Å². The van der Waals surface area contributed by atoms with E-state index in [1.54, 1.807) is 12.1 Å². The number of hydrogen-bond donors (Lipinski definition) is 0. The van der Waals surface area contributed by atoms with Gasteiger partial charge in [0.2, 0.25) is 0 Å². The Morgan fingerprint density at radius 2 is 1.68 bits per heavy atom. The lowest BCUT2D eigenvalue weighted by molar-refractivity contribution is -0.384. The molecule has 2 aromatic rings. The molecule has 0 saturated carbocycles. The number of carbonyl (C=O) groups excluding carboxylic acids is 1. The molecule has 0 aliphatic heterocycles. The van der Waals surface area contributed by atoms with Crippen LogP contribution >= 0.6 is 0 Å². The normalized spacial score (nSPS) is 12.4. The summed E-state index contributed by atoms with van der Waals surface area (Å²) >= 11 is 0. The number of rotatable bonds is 6. The number of non-ortho nitro benzene ring substituents is 1. The van der Waals surface area contributed by atoms with E-state index >= 15 is 0 Å². The van der Waals surface area contributed by atoms with Gasteiger partial charge in [-0.05, 0) is 31.5 Å². The predicted molar refractivity (Wildman–Crippen MR) is 90.7 cm³/mol. The third-order valence-corrected chi connectivity index (χ3v) is 5.73. The SMILES string of the molecule is Cc1ccc(COC(=O)[C@H](C)S(=O)(=O)c2ccc([N+](=O)[O-])cc2)cc1. The van der Waals surface area contributed by atoms with Gasteiger partial charge >= 0.3 is 5.97 Å². The molecule has 0 aliphatic carbocycles. The van der Waals surface area contributed by atoms with Crippen LogP contribution in [0.1, 0.15) is 18.1 Å². The molecule has 0 N–H and O–H groups in total. The molecule has 132 valence electrons. The van der Waals surface area contributed by atoms with E-state index in [-0.39, 0.29) is 17.2 Å². The Kier molecular flexibility index (Phi) is 5.53. The van der Waals surface area contributed by atoms with Crippen LogP contribution in [0.25, 0.3) is 0 Å². The highest BCUT2D eigenvalue weighted by Crippen LogP contribution is 2.21. The van der Waals surface area contributed by atoms with E-state index in [2.05, 4.69) is 0 Å². The molecular weight excluding hydrogens is 346 g/mol. The number of hydrogen-bond acceptors (Lipinski definition) is 6. The van der Waals surface area contributed by atoms with Crippen LogP contribution in [0, 0.1) is 17.0 Å². The second-order valence-corrected chi connectivity index (χ2v) is 7.80. The van der Waals surface area contributed by atoms with Gasteiger partial charge in [0.1, 0.15) is 6.61 Å². The Morgan fingerprint density at radius 3 is 2.20 bits per heavy atom. The number of sulfone groups is 1. The van der Waals surface area contributed by atoms with Crippen molar-refractivity contribution in [2.45, 2.75) is 30.6 Å². The van der Waals surface area contributed by atoms with Crippen molar-refractivity contribution in [1.82, 2.24) is 0 Å². The maximum Gasteiger partial charge on any atom is 0.324 e. The highest BCUT2D eigenvalue weighted by atomic mass is 32.2. The molecular formula is C17H17NO6S. The molecule has 7 nitrogen and oxygen atoms in total. The Bertz CT molecular complexity index is 872. The summed E-state index contributed by atoms with van der Waals surface area (Å²) in [4.78, 5) is 21.9. The lowest BCUT2D eigenvalue weighted by Gasteiger charge is -2.13. The largest absolute Gasteiger partial charge is 0.460 e.